The van der Waals surface area contributed by atoms with Gasteiger partial charge in [-0.1, -0.05) is 25.4 Å². The van der Waals surface area contributed by atoms with Gasteiger partial charge in [-0.3, -0.25) is 0 Å². The minimum absolute atomic E-state index is 0.249. The van der Waals surface area contributed by atoms with Crippen molar-refractivity contribution in [2.45, 2.75) is 32.2 Å². The normalized spacial score (nSPS) is 24.2. The van der Waals surface area contributed by atoms with Gasteiger partial charge in [-0.2, -0.15) is 0 Å². The second-order valence-corrected chi connectivity index (χ2v) is 4.55. The second kappa shape index (κ2) is 4.03. The fourth-order valence-electron chi connectivity index (χ4n) is 2.49. The van der Waals surface area contributed by atoms with Gasteiger partial charge in [-0.05, 0) is 36.6 Å². The van der Waals surface area contributed by atoms with E-state index in [9.17, 15) is 5.11 Å². The number of halogens is 1. The smallest absolute Gasteiger partial charge is 0.120 e. The van der Waals surface area contributed by atoms with E-state index in [4.69, 9.17) is 11.6 Å². The maximum absolute atomic E-state index is 9.87. The highest BCUT2D eigenvalue weighted by Gasteiger charge is 2.31. The number of hydrogen-bond acceptors (Lipinski definition) is 2. The molecule has 15 heavy (non-hydrogen) atoms. The Morgan fingerprint density at radius 3 is 2.87 bits per heavy atom. The Morgan fingerprint density at radius 2 is 2.20 bits per heavy atom. The number of aromatic hydroxyl groups is 1. The van der Waals surface area contributed by atoms with Crippen molar-refractivity contribution in [1.29, 1.82) is 0 Å². The lowest BCUT2D eigenvalue weighted by Crippen LogP contribution is -2.18. The Morgan fingerprint density at radius 1 is 1.47 bits per heavy atom. The summed E-state index contributed by atoms with van der Waals surface area (Å²) in [5.74, 6) is 0.786. The van der Waals surface area contributed by atoms with Gasteiger partial charge in [-0.25, -0.2) is 0 Å². The van der Waals surface area contributed by atoms with Crippen molar-refractivity contribution >= 4 is 11.6 Å². The zero-order valence-corrected chi connectivity index (χ0v) is 9.80. The second-order valence-electron chi connectivity index (χ2n) is 4.14. The number of nitrogens with one attached hydrogen (secondary N) is 1. The molecule has 0 saturated carbocycles. The molecule has 2 N–H and O–H groups in total. The molecule has 0 spiro atoms. The van der Waals surface area contributed by atoms with E-state index in [2.05, 4.69) is 19.2 Å². The first-order valence-corrected chi connectivity index (χ1v) is 5.77. The van der Waals surface area contributed by atoms with Crippen LogP contribution in [0.3, 0.4) is 0 Å². The predicted octanol–water partition coefficient (Wildman–Crippen LogP) is 3.20. The van der Waals surface area contributed by atoms with Gasteiger partial charge in [-0.15, -0.1) is 0 Å². The number of phenolic OH excluding ortho intramolecular Hbond substituents is 1. The molecule has 0 radical (unpaired) electrons. The predicted molar refractivity (Wildman–Crippen MR) is 62.6 cm³/mol. The van der Waals surface area contributed by atoms with Crippen molar-refractivity contribution in [1.82, 2.24) is 5.32 Å². The maximum Gasteiger partial charge on any atom is 0.120 e. The van der Waals surface area contributed by atoms with Crippen LogP contribution in [0.1, 0.15) is 43.4 Å². The van der Waals surface area contributed by atoms with Crippen molar-refractivity contribution in [2.24, 2.45) is 0 Å². The Hall–Kier alpha value is -0.730. The SMILES string of the molecule is CCNC1CC(C)c2c(Cl)ccc(O)c21. The summed E-state index contributed by atoms with van der Waals surface area (Å²) in [7, 11) is 0. The quantitative estimate of drug-likeness (QED) is 0.810. The third-order valence-corrected chi connectivity index (χ3v) is 3.42. The number of phenols is 1. The average Bonchev–Trinajstić information content (AvgIpc) is 2.51. The first-order chi connectivity index (χ1) is 7.15. The summed E-state index contributed by atoms with van der Waals surface area (Å²) < 4.78 is 0. The zero-order chi connectivity index (χ0) is 11.0. The molecule has 2 nitrogen and oxygen atoms in total. The van der Waals surface area contributed by atoms with Gasteiger partial charge in [0.2, 0.25) is 0 Å². The standard InChI is InChI=1S/C12H16ClNO/c1-3-14-9-6-7(2)11-8(13)4-5-10(15)12(9)11/h4-5,7,9,14-15H,3,6H2,1-2H3. The molecule has 1 aromatic carbocycles. The van der Waals surface area contributed by atoms with Gasteiger partial charge in [0.25, 0.3) is 0 Å². The fraction of sp³-hybridized carbons (Fsp3) is 0.500. The van der Waals surface area contributed by atoms with Crippen molar-refractivity contribution < 1.29 is 5.11 Å². The van der Waals surface area contributed by atoms with Gasteiger partial charge in [0.15, 0.2) is 0 Å². The van der Waals surface area contributed by atoms with Gasteiger partial charge in [0, 0.05) is 16.6 Å². The monoisotopic (exact) mass is 225 g/mol. The van der Waals surface area contributed by atoms with Crippen LogP contribution in [-0.2, 0) is 0 Å². The lowest BCUT2D eigenvalue weighted by atomic mass is 10.0. The highest BCUT2D eigenvalue weighted by Crippen LogP contribution is 2.47. The highest BCUT2D eigenvalue weighted by molar-refractivity contribution is 6.31. The molecule has 2 unspecified atom stereocenters. The Labute approximate surface area is 95.3 Å². The van der Waals surface area contributed by atoms with Gasteiger partial charge in [0.1, 0.15) is 5.75 Å². The van der Waals surface area contributed by atoms with Crippen molar-refractivity contribution in [3.8, 4) is 5.75 Å². The number of benzene rings is 1. The van der Waals surface area contributed by atoms with E-state index in [1.54, 1.807) is 12.1 Å². The molecule has 0 bridgehead atoms. The third kappa shape index (κ3) is 1.72. The molecular weight excluding hydrogens is 210 g/mol. The van der Waals surface area contributed by atoms with Crippen LogP contribution < -0.4 is 5.32 Å². The van der Waals surface area contributed by atoms with Crippen LogP contribution in [0.2, 0.25) is 5.02 Å². The molecule has 2 atom stereocenters. The largest absolute Gasteiger partial charge is 0.508 e. The first-order valence-electron chi connectivity index (χ1n) is 5.39. The lowest BCUT2D eigenvalue weighted by Gasteiger charge is -2.13. The van der Waals surface area contributed by atoms with Crippen LogP contribution in [0.15, 0.2) is 12.1 Å². The van der Waals surface area contributed by atoms with E-state index in [-0.39, 0.29) is 6.04 Å². The van der Waals surface area contributed by atoms with Crippen molar-refractivity contribution in [3.63, 3.8) is 0 Å². The Balaban J connectivity index is 2.49. The van der Waals surface area contributed by atoms with Crippen LogP contribution in [0.4, 0.5) is 0 Å². The minimum atomic E-state index is 0.249. The maximum atomic E-state index is 9.87. The summed E-state index contributed by atoms with van der Waals surface area (Å²) in [6.45, 7) is 5.13. The summed E-state index contributed by atoms with van der Waals surface area (Å²) >= 11 is 6.16. The molecule has 0 heterocycles. The summed E-state index contributed by atoms with van der Waals surface area (Å²) in [5, 5.41) is 14.0. The summed E-state index contributed by atoms with van der Waals surface area (Å²) in [6, 6.07) is 3.71. The lowest BCUT2D eigenvalue weighted by molar-refractivity contribution is 0.449. The fourth-order valence-corrected chi connectivity index (χ4v) is 2.84. The molecule has 0 aliphatic heterocycles. The van der Waals surface area contributed by atoms with Crippen molar-refractivity contribution in [3.05, 3.63) is 28.3 Å². The highest BCUT2D eigenvalue weighted by atomic mass is 35.5. The molecule has 1 aliphatic carbocycles. The van der Waals surface area contributed by atoms with E-state index < -0.39 is 0 Å². The van der Waals surface area contributed by atoms with E-state index >= 15 is 0 Å². The van der Waals surface area contributed by atoms with Gasteiger partial charge >= 0.3 is 0 Å². The van der Waals surface area contributed by atoms with Crippen LogP contribution in [-0.4, -0.2) is 11.7 Å². The molecule has 3 heteroatoms. The molecule has 0 fully saturated rings. The van der Waals surface area contributed by atoms with Crippen LogP contribution in [0.5, 0.6) is 5.75 Å². The molecule has 1 aromatic rings. The van der Waals surface area contributed by atoms with Crippen LogP contribution in [0, 0.1) is 0 Å². The van der Waals surface area contributed by atoms with Gasteiger partial charge < -0.3 is 10.4 Å². The molecule has 2 rings (SSSR count). The third-order valence-electron chi connectivity index (χ3n) is 3.09. The average molecular weight is 226 g/mol. The summed E-state index contributed by atoms with van der Waals surface area (Å²) in [6.07, 6.45) is 1.01. The molecule has 82 valence electrons. The van der Waals surface area contributed by atoms with E-state index in [0.717, 1.165) is 29.1 Å². The van der Waals surface area contributed by atoms with E-state index in [1.165, 1.54) is 0 Å². The first kappa shape index (κ1) is 10.8. The number of hydrogen-bond donors (Lipinski definition) is 2. The van der Waals surface area contributed by atoms with E-state index in [1.807, 2.05) is 0 Å². The topological polar surface area (TPSA) is 32.3 Å². The number of rotatable bonds is 2. The van der Waals surface area contributed by atoms with Crippen LogP contribution in [0.25, 0.3) is 0 Å². The summed E-state index contributed by atoms with van der Waals surface area (Å²) in [4.78, 5) is 0. The zero-order valence-electron chi connectivity index (χ0n) is 9.05. The van der Waals surface area contributed by atoms with Gasteiger partial charge in [0.05, 0.1) is 0 Å². The van der Waals surface area contributed by atoms with Crippen molar-refractivity contribution in [2.75, 3.05) is 6.54 Å². The molecule has 0 amide bonds. The Kier molecular flexibility index (Phi) is 2.89. The molecule has 1 aliphatic rings. The summed E-state index contributed by atoms with van der Waals surface area (Å²) in [5.41, 5.74) is 2.11. The minimum Gasteiger partial charge on any atom is -0.508 e. The Bertz CT molecular complexity index is 378. The molecule has 0 aromatic heterocycles. The number of fused-ring (bicyclic) bond motifs is 1. The van der Waals surface area contributed by atoms with Crippen LogP contribution >= 0.6 is 11.6 Å². The molecule has 0 saturated heterocycles. The van der Waals surface area contributed by atoms with E-state index in [0.29, 0.717) is 11.7 Å². The molecular formula is C12H16ClNO.